The van der Waals surface area contributed by atoms with E-state index in [1.54, 1.807) is 30.3 Å². The molecule has 0 aliphatic rings. The zero-order chi connectivity index (χ0) is 26.1. The van der Waals surface area contributed by atoms with Crippen molar-refractivity contribution in [2.75, 3.05) is 39.0 Å². The molecule has 36 heavy (non-hydrogen) atoms. The van der Waals surface area contributed by atoms with Crippen molar-refractivity contribution in [1.29, 1.82) is 0 Å². The Morgan fingerprint density at radius 3 is 2.78 bits per heavy atom. The number of likely N-dealkylation sites (N-methyl/N-ethyl adjacent to an activating group) is 2. The number of amides is 1. The summed E-state index contributed by atoms with van der Waals surface area (Å²) in [4.78, 5) is 24.9. The third-order valence-corrected chi connectivity index (χ3v) is 6.11. The van der Waals surface area contributed by atoms with Crippen LogP contribution >= 0.6 is 22.9 Å². The summed E-state index contributed by atoms with van der Waals surface area (Å²) in [5, 5.41) is 4.86. The monoisotopic (exact) mass is 524 g/mol. The van der Waals surface area contributed by atoms with Gasteiger partial charge in [-0.3, -0.25) is 4.79 Å². The first kappa shape index (κ1) is 26.9. The van der Waals surface area contributed by atoms with Crippen molar-refractivity contribution in [1.82, 2.24) is 19.8 Å². The molecule has 2 heterocycles. The number of fused-ring (bicyclic) bond motifs is 1. The molecule has 0 saturated heterocycles. The summed E-state index contributed by atoms with van der Waals surface area (Å²) in [6, 6.07) is 8.94. The van der Waals surface area contributed by atoms with Crippen molar-refractivity contribution in [3.8, 4) is 11.6 Å². The zero-order valence-electron chi connectivity index (χ0n) is 20.3. The number of rotatable bonds is 12. The molecule has 0 aliphatic carbocycles. The van der Waals surface area contributed by atoms with Gasteiger partial charge in [-0.2, -0.15) is 4.98 Å². The Hall–Kier alpha value is -3.66. The minimum absolute atomic E-state index is 0.113. The average molecular weight is 525 g/mol. The van der Waals surface area contributed by atoms with Gasteiger partial charge in [0, 0.05) is 55.9 Å². The lowest BCUT2D eigenvalue weighted by Crippen LogP contribution is -2.30. The van der Waals surface area contributed by atoms with E-state index in [2.05, 4.69) is 33.3 Å². The molecule has 1 amide bonds. The van der Waals surface area contributed by atoms with Crippen LogP contribution in [-0.2, 0) is 4.79 Å². The van der Waals surface area contributed by atoms with Crippen molar-refractivity contribution in [3.63, 3.8) is 0 Å². The summed E-state index contributed by atoms with van der Waals surface area (Å²) in [5.41, 5.74) is 8.20. The zero-order valence-corrected chi connectivity index (χ0v) is 21.9. The number of nitrogens with two attached hydrogens (primary N) is 1. The first-order chi connectivity index (χ1) is 17.2. The highest BCUT2D eigenvalue weighted by atomic mass is 35.5. The number of allylic oxidation sites excluding steroid dienone is 2. The van der Waals surface area contributed by atoms with Gasteiger partial charge < -0.3 is 25.6 Å². The van der Waals surface area contributed by atoms with Gasteiger partial charge in [0.1, 0.15) is 10.4 Å². The van der Waals surface area contributed by atoms with Gasteiger partial charge in [-0.05, 0) is 54.4 Å². The summed E-state index contributed by atoms with van der Waals surface area (Å²) in [7, 11) is 3.95. The average Bonchev–Trinajstić information content (AvgIpc) is 3.30. The molecule has 188 valence electrons. The van der Waals surface area contributed by atoms with E-state index in [4.69, 9.17) is 22.1 Å². The predicted molar refractivity (Wildman–Crippen MR) is 148 cm³/mol. The minimum Gasteiger partial charge on any atom is -0.437 e. The van der Waals surface area contributed by atoms with Gasteiger partial charge >= 0.3 is 0 Å². The molecule has 0 spiro atoms. The number of nitrogens with one attached hydrogen (secondary N) is 1. The van der Waals surface area contributed by atoms with E-state index in [1.165, 1.54) is 17.4 Å². The van der Waals surface area contributed by atoms with Crippen LogP contribution < -0.4 is 15.8 Å². The molecule has 8 nitrogen and oxygen atoms in total. The Labute approximate surface area is 220 Å². The second kappa shape index (κ2) is 12.9. The maximum Gasteiger partial charge on any atom is 0.248 e. The van der Waals surface area contributed by atoms with Crippen LogP contribution in [0.1, 0.15) is 0 Å². The Bertz CT molecular complexity index is 1300. The third-order valence-electron chi connectivity index (χ3n) is 5.04. The van der Waals surface area contributed by atoms with Crippen molar-refractivity contribution < 1.29 is 9.53 Å². The molecule has 0 unspecified atom stereocenters. The van der Waals surface area contributed by atoms with Crippen LogP contribution in [0.2, 0.25) is 5.28 Å². The van der Waals surface area contributed by atoms with Crippen molar-refractivity contribution in [2.45, 2.75) is 0 Å². The van der Waals surface area contributed by atoms with E-state index in [1.807, 2.05) is 42.6 Å². The highest BCUT2D eigenvalue weighted by Gasteiger charge is 2.11. The molecule has 3 N–H and O–H groups in total. The van der Waals surface area contributed by atoms with Crippen LogP contribution in [0.3, 0.4) is 0 Å². The minimum atomic E-state index is -0.232. The number of hydrogen-bond acceptors (Lipinski definition) is 8. The molecule has 3 rings (SSSR count). The summed E-state index contributed by atoms with van der Waals surface area (Å²) in [5.74, 6) is 0.669. The maximum atomic E-state index is 12.4. The molecule has 10 heteroatoms. The standard InChI is InChI=1S/C26H29ClN6O2S/c1-18(28)10-11-19(2)33(4)15-14-32(3)13-6-9-23(34)29-20-7-5-8-21(17-20)35-25-24-22(12-16-36-24)30-26(27)31-25/h5-12,16-17H,1-2,13-15,28H2,3-4H3,(H,29,34)/b9-6+,11-10-. The SMILES string of the molecule is C=C(N)/C=C\C(=C)N(C)CCN(C)C/C=C/C(=O)Nc1cccc(Oc2nc(Cl)nc3ccsc23)c1. The summed E-state index contributed by atoms with van der Waals surface area (Å²) in [6.07, 6.45) is 6.89. The number of thiophene rings is 1. The predicted octanol–water partition coefficient (Wildman–Crippen LogP) is 5.04. The number of carbonyl (C=O) groups is 1. The lowest BCUT2D eigenvalue weighted by atomic mass is 10.3. The highest BCUT2D eigenvalue weighted by molar-refractivity contribution is 7.17. The highest BCUT2D eigenvalue weighted by Crippen LogP contribution is 2.32. The number of aromatic nitrogens is 2. The molecule has 3 aromatic rings. The number of anilines is 1. The molecule has 0 radical (unpaired) electrons. The van der Waals surface area contributed by atoms with Crippen molar-refractivity contribution in [3.05, 3.63) is 89.9 Å². The number of ether oxygens (including phenoxy) is 1. The summed E-state index contributed by atoms with van der Waals surface area (Å²) < 4.78 is 6.73. The van der Waals surface area contributed by atoms with Crippen LogP contribution in [0.25, 0.3) is 10.2 Å². The summed E-state index contributed by atoms with van der Waals surface area (Å²) >= 11 is 7.48. The molecular weight excluding hydrogens is 496 g/mol. The van der Waals surface area contributed by atoms with Gasteiger partial charge in [-0.15, -0.1) is 11.3 Å². The van der Waals surface area contributed by atoms with E-state index >= 15 is 0 Å². The van der Waals surface area contributed by atoms with Gasteiger partial charge in [0.05, 0.1) is 5.52 Å². The lowest BCUT2D eigenvalue weighted by molar-refractivity contribution is -0.111. The van der Waals surface area contributed by atoms with E-state index in [9.17, 15) is 4.79 Å². The molecule has 0 atom stereocenters. The van der Waals surface area contributed by atoms with Crippen LogP contribution in [0.15, 0.2) is 84.6 Å². The smallest absolute Gasteiger partial charge is 0.248 e. The third kappa shape index (κ3) is 8.23. The van der Waals surface area contributed by atoms with Gasteiger partial charge in [0.2, 0.25) is 17.1 Å². The maximum absolute atomic E-state index is 12.4. The summed E-state index contributed by atoms with van der Waals surface area (Å²) in [6.45, 7) is 9.84. The fourth-order valence-corrected chi connectivity index (χ4v) is 3.96. The molecule has 0 saturated carbocycles. The molecular formula is C26H29ClN6O2S. The number of halogens is 1. The topological polar surface area (TPSA) is 96.6 Å². The van der Waals surface area contributed by atoms with Crippen LogP contribution in [-0.4, -0.2) is 59.4 Å². The Balaban J connectivity index is 1.48. The number of hydrogen-bond donors (Lipinski definition) is 2. The molecule has 2 aromatic heterocycles. The number of nitrogens with zero attached hydrogens (tertiary/aromatic N) is 4. The largest absolute Gasteiger partial charge is 0.437 e. The van der Waals surface area contributed by atoms with E-state index < -0.39 is 0 Å². The molecule has 1 aromatic carbocycles. The molecule has 0 fully saturated rings. The fraction of sp³-hybridized carbons (Fsp3) is 0.192. The van der Waals surface area contributed by atoms with Crippen molar-refractivity contribution >= 4 is 44.7 Å². The van der Waals surface area contributed by atoms with Gasteiger partial charge in [0.15, 0.2) is 0 Å². The quantitative estimate of drug-likeness (QED) is 0.195. The first-order valence-corrected chi connectivity index (χ1v) is 12.3. The van der Waals surface area contributed by atoms with Crippen molar-refractivity contribution in [2.24, 2.45) is 5.73 Å². The Morgan fingerprint density at radius 2 is 2.00 bits per heavy atom. The number of carbonyl (C=O) groups excluding carboxylic acids is 1. The fourth-order valence-electron chi connectivity index (χ4n) is 3.04. The number of benzene rings is 1. The molecule has 0 aliphatic heterocycles. The Kier molecular flexibility index (Phi) is 9.63. The van der Waals surface area contributed by atoms with Gasteiger partial charge in [0.25, 0.3) is 0 Å². The van der Waals surface area contributed by atoms with Crippen LogP contribution in [0.5, 0.6) is 11.6 Å². The second-order valence-electron chi connectivity index (χ2n) is 8.04. The van der Waals surface area contributed by atoms with E-state index in [-0.39, 0.29) is 11.2 Å². The van der Waals surface area contributed by atoms with E-state index in [0.717, 1.165) is 29.0 Å². The molecule has 0 bridgehead atoms. The van der Waals surface area contributed by atoms with Crippen LogP contribution in [0.4, 0.5) is 5.69 Å². The van der Waals surface area contributed by atoms with Crippen LogP contribution in [0, 0.1) is 0 Å². The Morgan fingerprint density at radius 1 is 1.19 bits per heavy atom. The first-order valence-electron chi connectivity index (χ1n) is 11.1. The van der Waals surface area contributed by atoms with Gasteiger partial charge in [-0.1, -0.05) is 25.3 Å². The van der Waals surface area contributed by atoms with E-state index in [0.29, 0.717) is 29.6 Å². The van der Waals surface area contributed by atoms with Gasteiger partial charge in [-0.25, -0.2) is 4.98 Å². The lowest BCUT2D eigenvalue weighted by Gasteiger charge is -2.23. The second-order valence-corrected chi connectivity index (χ2v) is 9.29. The normalized spacial score (nSPS) is 11.4.